The molecule has 0 saturated carbocycles. The van der Waals surface area contributed by atoms with Crippen molar-refractivity contribution in [2.45, 2.75) is 18.9 Å². The Morgan fingerprint density at radius 3 is 3.00 bits per heavy atom. The van der Waals surface area contributed by atoms with Gasteiger partial charge in [-0.15, -0.1) is 0 Å². The molecule has 0 unspecified atom stereocenters. The van der Waals surface area contributed by atoms with Gasteiger partial charge in [-0.2, -0.15) is 0 Å². The molecular formula is C19H20N2O3. The molecule has 2 aromatic carbocycles. The molecule has 1 atom stereocenters. The van der Waals surface area contributed by atoms with E-state index in [4.69, 9.17) is 9.47 Å². The van der Waals surface area contributed by atoms with Crippen molar-refractivity contribution in [3.8, 4) is 11.5 Å². The summed E-state index contributed by atoms with van der Waals surface area (Å²) >= 11 is 0. The van der Waals surface area contributed by atoms with Crippen LogP contribution in [0.15, 0.2) is 48.5 Å². The van der Waals surface area contributed by atoms with Crippen molar-refractivity contribution in [2.24, 2.45) is 0 Å². The van der Waals surface area contributed by atoms with Crippen LogP contribution in [0.3, 0.4) is 0 Å². The second-order valence-electron chi connectivity index (χ2n) is 6.13. The summed E-state index contributed by atoms with van der Waals surface area (Å²) in [5.74, 6) is 1.34. The average Bonchev–Trinajstić information content (AvgIpc) is 3.10. The zero-order valence-corrected chi connectivity index (χ0v) is 13.4. The first-order valence-electron chi connectivity index (χ1n) is 8.31. The van der Waals surface area contributed by atoms with Gasteiger partial charge in [-0.1, -0.05) is 18.2 Å². The van der Waals surface area contributed by atoms with E-state index in [0.29, 0.717) is 11.8 Å². The minimum absolute atomic E-state index is 0.0177. The quantitative estimate of drug-likeness (QED) is 0.939. The maximum absolute atomic E-state index is 12.0. The number of nitrogens with one attached hydrogen (secondary N) is 1. The van der Waals surface area contributed by atoms with E-state index in [1.807, 2.05) is 48.5 Å². The van der Waals surface area contributed by atoms with Crippen molar-refractivity contribution < 1.29 is 14.3 Å². The number of amides is 1. The van der Waals surface area contributed by atoms with Crippen LogP contribution in [0.2, 0.25) is 0 Å². The van der Waals surface area contributed by atoms with Gasteiger partial charge >= 0.3 is 0 Å². The van der Waals surface area contributed by atoms with Gasteiger partial charge in [0.1, 0.15) is 18.1 Å². The number of para-hydroxylation sites is 1. The molecule has 5 nitrogen and oxygen atoms in total. The molecule has 0 aliphatic carbocycles. The molecule has 24 heavy (non-hydrogen) atoms. The Morgan fingerprint density at radius 2 is 2.12 bits per heavy atom. The van der Waals surface area contributed by atoms with E-state index in [1.165, 1.54) is 12.8 Å². The van der Waals surface area contributed by atoms with Crippen LogP contribution in [0.25, 0.3) is 0 Å². The van der Waals surface area contributed by atoms with Crippen LogP contribution in [0.1, 0.15) is 12.8 Å². The molecule has 1 N–H and O–H groups in total. The van der Waals surface area contributed by atoms with Crippen LogP contribution in [0.5, 0.6) is 11.5 Å². The zero-order chi connectivity index (χ0) is 16.4. The van der Waals surface area contributed by atoms with E-state index < -0.39 is 0 Å². The molecule has 1 fully saturated rings. The normalized spacial score (nSPS) is 18.3. The van der Waals surface area contributed by atoms with Gasteiger partial charge in [0, 0.05) is 18.3 Å². The molecule has 0 spiro atoms. The highest BCUT2D eigenvalue weighted by atomic mass is 16.5. The number of hydrogen-bond acceptors (Lipinski definition) is 4. The first kappa shape index (κ1) is 14.9. The standard InChI is InChI=1S/C19H20N2O3/c22-19(13-23-16-6-2-1-3-7-16)20-14-8-9-17-18(11-14)24-12-15-5-4-10-21(15)17/h1-3,6-9,11,15H,4-5,10,12-13H2,(H,20,22)/t15-/m1/s1. The van der Waals surface area contributed by atoms with E-state index >= 15 is 0 Å². The average molecular weight is 324 g/mol. The third-order valence-corrected chi connectivity index (χ3v) is 4.47. The fourth-order valence-electron chi connectivity index (χ4n) is 3.32. The lowest BCUT2D eigenvalue weighted by molar-refractivity contribution is -0.118. The van der Waals surface area contributed by atoms with Crippen LogP contribution in [-0.4, -0.2) is 31.7 Å². The Hall–Kier alpha value is -2.69. The Morgan fingerprint density at radius 1 is 1.25 bits per heavy atom. The van der Waals surface area contributed by atoms with Crippen LogP contribution in [0.4, 0.5) is 11.4 Å². The predicted octanol–water partition coefficient (Wildman–Crippen LogP) is 3.07. The van der Waals surface area contributed by atoms with Gasteiger partial charge in [0.25, 0.3) is 5.91 Å². The van der Waals surface area contributed by atoms with Gasteiger partial charge < -0.3 is 19.7 Å². The van der Waals surface area contributed by atoms with Gasteiger partial charge in [0.15, 0.2) is 6.61 Å². The summed E-state index contributed by atoms with van der Waals surface area (Å²) in [4.78, 5) is 14.5. The number of ether oxygens (including phenoxy) is 2. The molecule has 124 valence electrons. The maximum Gasteiger partial charge on any atom is 0.262 e. The highest BCUT2D eigenvalue weighted by Gasteiger charge is 2.31. The SMILES string of the molecule is O=C(COc1ccccc1)Nc1ccc2c(c1)OC[C@H]1CCCN21. The molecule has 0 aromatic heterocycles. The van der Waals surface area contributed by atoms with E-state index in [2.05, 4.69) is 10.2 Å². The summed E-state index contributed by atoms with van der Waals surface area (Å²) in [6.45, 7) is 1.79. The van der Waals surface area contributed by atoms with Crippen LogP contribution in [0, 0.1) is 0 Å². The molecule has 2 heterocycles. The lowest BCUT2D eigenvalue weighted by Crippen LogP contribution is -2.38. The molecule has 4 rings (SSSR count). The predicted molar refractivity (Wildman–Crippen MR) is 92.9 cm³/mol. The first-order valence-corrected chi connectivity index (χ1v) is 8.31. The van der Waals surface area contributed by atoms with Gasteiger partial charge in [-0.25, -0.2) is 0 Å². The Labute approximate surface area is 141 Å². The van der Waals surface area contributed by atoms with E-state index in [9.17, 15) is 4.79 Å². The summed E-state index contributed by atoms with van der Waals surface area (Å²) < 4.78 is 11.3. The topological polar surface area (TPSA) is 50.8 Å². The Bertz CT molecular complexity index is 733. The van der Waals surface area contributed by atoms with Crippen molar-refractivity contribution in [3.05, 3.63) is 48.5 Å². The minimum Gasteiger partial charge on any atom is -0.489 e. The number of rotatable bonds is 4. The Balaban J connectivity index is 1.39. The van der Waals surface area contributed by atoms with Gasteiger partial charge in [0.05, 0.1) is 11.7 Å². The number of hydrogen-bond donors (Lipinski definition) is 1. The summed E-state index contributed by atoms with van der Waals surface area (Å²) in [5.41, 5.74) is 1.86. The highest BCUT2D eigenvalue weighted by molar-refractivity contribution is 5.92. The van der Waals surface area contributed by atoms with Gasteiger partial charge in [0.2, 0.25) is 0 Å². The van der Waals surface area contributed by atoms with Crippen LogP contribution >= 0.6 is 0 Å². The largest absolute Gasteiger partial charge is 0.489 e. The van der Waals surface area contributed by atoms with Crippen LogP contribution < -0.4 is 19.7 Å². The minimum atomic E-state index is -0.186. The summed E-state index contributed by atoms with van der Waals surface area (Å²) in [6, 6.07) is 15.6. The fraction of sp³-hybridized carbons (Fsp3) is 0.316. The van der Waals surface area contributed by atoms with Crippen molar-refractivity contribution >= 4 is 17.3 Å². The lowest BCUT2D eigenvalue weighted by atomic mass is 10.1. The van der Waals surface area contributed by atoms with Gasteiger partial charge in [-0.05, 0) is 37.1 Å². The Kier molecular flexibility index (Phi) is 3.99. The second-order valence-corrected chi connectivity index (χ2v) is 6.13. The van der Waals surface area contributed by atoms with Crippen molar-refractivity contribution in [3.63, 3.8) is 0 Å². The van der Waals surface area contributed by atoms with E-state index in [0.717, 1.165) is 30.3 Å². The molecule has 2 aliphatic rings. The maximum atomic E-state index is 12.0. The highest BCUT2D eigenvalue weighted by Crippen LogP contribution is 2.39. The number of benzene rings is 2. The molecular weight excluding hydrogens is 304 g/mol. The second kappa shape index (κ2) is 6.43. The monoisotopic (exact) mass is 324 g/mol. The molecule has 0 bridgehead atoms. The number of nitrogens with zero attached hydrogens (tertiary/aromatic N) is 1. The molecule has 5 heteroatoms. The number of fused-ring (bicyclic) bond motifs is 3. The van der Waals surface area contributed by atoms with Crippen molar-refractivity contribution in [2.75, 3.05) is 30.0 Å². The third-order valence-electron chi connectivity index (χ3n) is 4.47. The molecule has 2 aliphatic heterocycles. The van der Waals surface area contributed by atoms with Crippen molar-refractivity contribution in [1.82, 2.24) is 0 Å². The van der Waals surface area contributed by atoms with Crippen LogP contribution in [-0.2, 0) is 4.79 Å². The first-order chi connectivity index (χ1) is 11.8. The van der Waals surface area contributed by atoms with Gasteiger partial charge in [-0.3, -0.25) is 4.79 Å². The molecule has 1 amide bonds. The fourth-order valence-corrected chi connectivity index (χ4v) is 3.32. The smallest absolute Gasteiger partial charge is 0.262 e. The molecule has 1 saturated heterocycles. The summed E-state index contributed by atoms with van der Waals surface area (Å²) in [6.07, 6.45) is 2.40. The summed E-state index contributed by atoms with van der Waals surface area (Å²) in [5, 5.41) is 2.86. The van der Waals surface area contributed by atoms with E-state index in [1.54, 1.807) is 0 Å². The lowest BCUT2D eigenvalue weighted by Gasteiger charge is -2.33. The third kappa shape index (κ3) is 3.02. The zero-order valence-electron chi connectivity index (χ0n) is 13.4. The number of anilines is 2. The van der Waals surface area contributed by atoms with Crippen molar-refractivity contribution in [1.29, 1.82) is 0 Å². The number of carbonyl (C=O) groups is 1. The molecule has 0 radical (unpaired) electrons. The molecule has 2 aromatic rings. The number of carbonyl (C=O) groups excluding carboxylic acids is 1. The summed E-state index contributed by atoms with van der Waals surface area (Å²) in [7, 11) is 0. The van der Waals surface area contributed by atoms with E-state index in [-0.39, 0.29) is 12.5 Å².